The first kappa shape index (κ1) is 13.5. The van der Waals surface area contributed by atoms with Gasteiger partial charge in [0.25, 0.3) is 0 Å². The third-order valence-electron chi connectivity index (χ3n) is 3.45. The number of aromatic nitrogens is 2. The second-order valence-electron chi connectivity index (χ2n) is 5.14. The molecule has 0 radical (unpaired) electrons. The summed E-state index contributed by atoms with van der Waals surface area (Å²) in [5, 5.41) is 2.06. The van der Waals surface area contributed by atoms with Crippen LogP contribution in [0.4, 0.5) is 4.39 Å². The maximum atomic E-state index is 13.9. The Hall–Kier alpha value is -1.46. The minimum Gasteiger partial charge on any atom is -0.328 e. The monoisotopic (exact) mass is 306 g/mol. The Morgan fingerprint density at radius 3 is 2.70 bits per heavy atom. The molecule has 0 saturated carbocycles. The zero-order valence-electron chi connectivity index (χ0n) is 11.3. The maximum Gasteiger partial charge on any atom is 0.178 e. The van der Waals surface area contributed by atoms with Gasteiger partial charge in [0.05, 0.1) is 11.6 Å². The number of rotatable bonds is 3. The lowest BCUT2D eigenvalue weighted by molar-refractivity contribution is 0.449. The molecule has 0 spiro atoms. The van der Waals surface area contributed by atoms with Gasteiger partial charge >= 0.3 is 0 Å². The second-order valence-corrected chi connectivity index (χ2v) is 6.50. The summed E-state index contributed by atoms with van der Waals surface area (Å²) in [5.41, 5.74) is 1.31. The molecule has 0 aliphatic rings. The summed E-state index contributed by atoms with van der Waals surface area (Å²) in [6.07, 6.45) is 0. The average Bonchev–Trinajstić information content (AvgIpc) is 3.01. The molecule has 0 bridgehead atoms. The standard InChI is InChI=1S/C15H15FN2S2/c1-9(2)14(12-7-4-8-20-12)18-11-6-3-5-10(16)13(11)17-15(18)19/h3-9,14H,1-2H3,(H,17,19). The number of hydrogen-bond acceptors (Lipinski definition) is 2. The molecule has 3 aromatic rings. The largest absolute Gasteiger partial charge is 0.328 e. The van der Waals surface area contributed by atoms with E-state index in [-0.39, 0.29) is 11.9 Å². The highest BCUT2D eigenvalue weighted by Crippen LogP contribution is 2.33. The molecule has 0 amide bonds. The van der Waals surface area contributed by atoms with E-state index < -0.39 is 0 Å². The predicted molar refractivity (Wildman–Crippen MR) is 84.4 cm³/mol. The number of fused-ring (bicyclic) bond motifs is 1. The number of para-hydroxylation sites is 1. The predicted octanol–water partition coefficient (Wildman–Crippen LogP) is 5.14. The van der Waals surface area contributed by atoms with Crippen molar-refractivity contribution in [1.82, 2.24) is 9.55 Å². The number of hydrogen-bond donors (Lipinski definition) is 1. The number of nitrogens with zero attached hydrogens (tertiary/aromatic N) is 1. The fourth-order valence-corrected chi connectivity index (χ4v) is 3.91. The first-order chi connectivity index (χ1) is 9.59. The smallest absolute Gasteiger partial charge is 0.178 e. The van der Waals surface area contributed by atoms with Gasteiger partial charge in [-0.25, -0.2) is 4.39 Å². The van der Waals surface area contributed by atoms with Crippen LogP contribution in [0.1, 0.15) is 24.8 Å². The van der Waals surface area contributed by atoms with Crippen molar-refractivity contribution in [3.63, 3.8) is 0 Å². The first-order valence-electron chi connectivity index (χ1n) is 6.51. The number of imidazole rings is 1. The van der Waals surface area contributed by atoms with E-state index in [9.17, 15) is 4.39 Å². The molecule has 0 aliphatic carbocycles. The fourth-order valence-electron chi connectivity index (χ4n) is 2.60. The molecule has 2 nitrogen and oxygen atoms in total. The molecule has 0 saturated heterocycles. The van der Waals surface area contributed by atoms with Gasteiger partial charge in [-0.2, -0.15) is 0 Å². The molecule has 1 aromatic carbocycles. The molecule has 1 unspecified atom stereocenters. The lowest BCUT2D eigenvalue weighted by Crippen LogP contribution is -2.15. The van der Waals surface area contributed by atoms with Gasteiger partial charge in [-0.3, -0.25) is 0 Å². The Morgan fingerprint density at radius 1 is 1.25 bits per heavy atom. The summed E-state index contributed by atoms with van der Waals surface area (Å²) in [4.78, 5) is 4.24. The molecule has 0 fully saturated rings. The number of H-pyrrole nitrogens is 1. The van der Waals surface area contributed by atoms with Crippen molar-refractivity contribution >= 4 is 34.6 Å². The van der Waals surface area contributed by atoms with Gasteiger partial charge in [0, 0.05) is 4.88 Å². The van der Waals surface area contributed by atoms with Gasteiger partial charge in [-0.1, -0.05) is 26.0 Å². The molecular formula is C15H15FN2S2. The van der Waals surface area contributed by atoms with Crippen molar-refractivity contribution < 1.29 is 4.39 Å². The summed E-state index contributed by atoms with van der Waals surface area (Å²) >= 11 is 7.13. The van der Waals surface area contributed by atoms with Crippen LogP contribution in [0.15, 0.2) is 35.7 Å². The van der Waals surface area contributed by atoms with Gasteiger partial charge in [0.1, 0.15) is 11.3 Å². The van der Waals surface area contributed by atoms with Gasteiger partial charge < -0.3 is 9.55 Å². The van der Waals surface area contributed by atoms with Crippen LogP contribution in [-0.4, -0.2) is 9.55 Å². The normalized spacial score (nSPS) is 13.2. The van der Waals surface area contributed by atoms with E-state index in [4.69, 9.17) is 12.2 Å². The molecule has 104 valence electrons. The molecule has 2 aromatic heterocycles. The van der Waals surface area contributed by atoms with Crippen molar-refractivity contribution in [2.75, 3.05) is 0 Å². The molecular weight excluding hydrogens is 291 g/mol. The Kier molecular flexibility index (Phi) is 3.48. The van der Waals surface area contributed by atoms with Crippen LogP contribution in [-0.2, 0) is 0 Å². The highest BCUT2D eigenvalue weighted by Gasteiger charge is 2.22. The van der Waals surface area contributed by atoms with E-state index in [0.29, 0.717) is 16.2 Å². The van der Waals surface area contributed by atoms with Crippen LogP contribution in [0.3, 0.4) is 0 Å². The number of thiophene rings is 1. The maximum absolute atomic E-state index is 13.9. The number of benzene rings is 1. The van der Waals surface area contributed by atoms with Gasteiger partial charge in [-0.05, 0) is 41.7 Å². The van der Waals surface area contributed by atoms with E-state index in [1.165, 1.54) is 10.9 Å². The zero-order valence-corrected chi connectivity index (χ0v) is 12.9. The van der Waals surface area contributed by atoms with E-state index in [2.05, 4.69) is 30.3 Å². The Labute approximate surface area is 125 Å². The van der Waals surface area contributed by atoms with Crippen LogP contribution in [0.2, 0.25) is 0 Å². The first-order valence-corrected chi connectivity index (χ1v) is 7.80. The topological polar surface area (TPSA) is 20.7 Å². The van der Waals surface area contributed by atoms with Gasteiger partial charge in [0.2, 0.25) is 0 Å². The number of halogens is 1. The third kappa shape index (κ3) is 2.11. The number of aromatic amines is 1. The lowest BCUT2D eigenvalue weighted by Gasteiger charge is -2.22. The Morgan fingerprint density at radius 2 is 2.05 bits per heavy atom. The molecule has 1 N–H and O–H groups in total. The molecule has 5 heteroatoms. The van der Waals surface area contributed by atoms with E-state index >= 15 is 0 Å². The van der Waals surface area contributed by atoms with E-state index in [1.807, 2.05) is 16.7 Å². The van der Waals surface area contributed by atoms with Crippen LogP contribution in [0, 0.1) is 16.5 Å². The second kappa shape index (κ2) is 5.14. The molecule has 1 atom stereocenters. The molecule has 2 heterocycles. The van der Waals surface area contributed by atoms with E-state index in [1.54, 1.807) is 17.4 Å². The van der Waals surface area contributed by atoms with Crippen molar-refractivity contribution in [2.45, 2.75) is 19.9 Å². The zero-order chi connectivity index (χ0) is 14.3. The molecule has 3 rings (SSSR count). The van der Waals surface area contributed by atoms with Crippen LogP contribution in [0.5, 0.6) is 0 Å². The average molecular weight is 306 g/mol. The van der Waals surface area contributed by atoms with Crippen LogP contribution < -0.4 is 0 Å². The van der Waals surface area contributed by atoms with E-state index in [0.717, 1.165) is 5.52 Å². The molecule has 0 aliphatic heterocycles. The van der Waals surface area contributed by atoms with Crippen molar-refractivity contribution in [3.8, 4) is 0 Å². The summed E-state index contributed by atoms with van der Waals surface area (Å²) in [7, 11) is 0. The minimum absolute atomic E-state index is 0.123. The van der Waals surface area contributed by atoms with Crippen molar-refractivity contribution in [3.05, 3.63) is 51.2 Å². The summed E-state index contributed by atoms with van der Waals surface area (Å²) in [6.45, 7) is 4.31. The number of nitrogens with one attached hydrogen (secondary N) is 1. The Balaban J connectivity index is 2.30. The fraction of sp³-hybridized carbons (Fsp3) is 0.267. The van der Waals surface area contributed by atoms with Crippen LogP contribution >= 0.6 is 23.6 Å². The summed E-state index contributed by atoms with van der Waals surface area (Å²) in [5.74, 6) is 0.101. The van der Waals surface area contributed by atoms with Gasteiger partial charge in [-0.15, -0.1) is 11.3 Å². The third-order valence-corrected chi connectivity index (χ3v) is 4.69. The lowest BCUT2D eigenvalue weighted by atomic mass is 10.0. The SMILES string of the molecule is CC(C)C(c1cccs1)n1c(=S)[nH]c2c(F)cccc21. The van der Waals surface area contributed by atoms with Crippen molar-refractivity contribution in [2.24, 2.45) is 5.92 Å². The highest BCUT2D eigenvalue weighted by molar-refractivity contribution is 7.71. The quantitative estimate of drug-likeness (QED) is 0.664. The Bertz CT molecular complexity index is 784. The van der Waals surface area contributed by atoms with Crippen LogP contribution in [0.25, 0.3) is 11.0 Å². The van der Waals surface area contributed by atoms with Gasteiger partial charge in [0.15, 0.2) is 4.77 Å². The minimum atomic E-state index is -0.263. The summed E-state index contributed by atoms with van der Waals surface area (Å²) < 4.78 is 16.5. The summed E-state index contributed by atoms with van der Waals surface area (Å²) in [6, 6.07) is 9.35. The highest BCUT2D eigenvalue weighted by atomic mass is 32.1. The molecule has 20 heavy (non-hydrogen) atoms. The van der Waals surface area contributed by atoms with Crippen molar-refractivity contribution in [1.29, 1.82) is 0 Å².